The van der Waals surface area contributed by atoms with E-state index in [2.05, 4.69) is 31.7 Å². The molecule has 1 heterocycles. The fourth-order valence-electron chi connectivity index (χ4n) is 1.50. The van der Waals surface area contributed by atoms with Crippen molar-refractivity contribution in [3.05, 3.63) is 40.5 Å². The first-order valence-electron chi connectivity index (χ1n) is 5.56. The molecule has 2 aromatic rings. The van der Waals surface area contributed by atoms with Gasteiger partial charge in [0.05, 0.1) is 11.3 Å². The van der Waals surface area contributed by atoms with E-state index >= 15 is 0 Å². The van der Waals surface area contributed by atoms with Gasteiger partial charge in [-0.15, -0.1) is 0 Å². The number of carbonyl (C=O) groups excluding carboxylic acids is 1. The number of aromatic carboxylic acids is 1. The lowest BCUT2D eigenvalue weighted by atomic mass is 10.2. The van der Waals surface area contributed by atoms with Gasteiger partial charge in [0.25, 0.3) is 0 Å². The molecule has 0 aliphatic heterocycles. The largest absolute Gasteiger partial charge is 0.478 e. The molecular formula is C12H11BrN4O3. The topological polar surface area (TPSA) is 96.2 Å². The van der Waals surface area contributed by atoms with Gasteiger partial charge < -0.3 is 10.4 Å². The van der Waals surface area contributed by atoms with E-state index in [1.54, 1.807) is 24.0 Å². The van der Waals surface area contributed by atoms with E-state index < -0.39 is 12.0 Å². The molecule has 3 N–H and O–H groups in total. The number of aromatic nitrogens is 2. The van der Waals surface area contributed by atoms with Crippen LogP contribution >= 0.6 is 15.9 Å². The lowest BCUT2D eigenvalue weighted by Gasteiger charge is -2.08. The fraction of sp³-hybridized carbons (Fsp3) is 0.0833. The minimum atomic E-state index is -1.03. The maximum atomic E-state index is 11.8. The Labute approximate surface area is 122 Å². The zero-order chi connectivity index (χ0) is 14.7. The van der Waals surface area contributed by atoms with Crippen molar-refractivity contribution in [3.63, 3.8) is 0 Å². The summed E-state index contributed by atoms with van der Waals surface area (Å²) in [5, 5.41) is 18.0. The summed E-state index contributed by atoms with van der Waals surface area (Å²) in [6.45, 7) is 0. The number of nitrogens with zero attached hydrogens (tertiary/aromatic N) is 2. The Morgan fingerprint density at radius 1 is 1.30 bits per heavy atom. The summed E-state index contributed by atoms with van der Waals surface area (Å²) >= 11 is 3.21. The number of carbonyl (C=O) groups is 2. The Balaban J connectivity index is 2.06. The molecule has 7 nitrogen and oxygen atoms in total. The molecule has 0 unspecified atom stereocenters. The average molecular weight is 339 g/mol. The van der Waals surface area contributed by atoms with Crippen LogP contribution in [-0.4, -0.2) is 26.9 Å². The first-order valence-corrected chi connectivity index (χ1v) is 6.35. The van der Waals surface area contributed by atoms with E-state index in [-0.39, 0.29) is 5.56 Å². The van der Waals surface area contributed by atoms with Gasteiger partial charge in [0.2, 0.25) is 0 Å². The quantitative estimate of drug-likeness (QED) is 0.801. The van der Waals surface area contributed by atoms with Crippen molar-refractivity contribution in [1.29, 1.82) is 0 Å². The molecule has 20 heavy (non-hydrogen) atoms. The van der Waals surface area contributed by atoms with Crippen molar-refractivity contribution in [1.82, 2.24) is 9.78 Å². The summed E-state index contributed by atoms with van der Waals surface area (Å²) in [4.78, 5) is 22.6. The monoisotopic (exact) mass is 338 g/mol. The molecule has 2 rings (SSSR count). The second-order valence-electron chi connectivity index (χ2n) is 3.95. The molecule has 0 spiro atoms. The second-order valence-corrected chi connectivity index (χ2v) is 4.81. The number of hydrogen-bond acceptors (Lipinski definition) is 3. The molecule has 0 aliphatic carbocycles. The van der Waals surface area contributed by atoms with E-state index in [0.29, 0.717) is 16.0 Å². The summed E-state index contributed by atoms with van der Waals surface area (Å²) in [5.74, 6) is -0.613. The molecule has 1 aromatic carbocycles. The van der Waals surface area contributed by atoms with Crippen LogP contribution in [0.25, 0.3) is 0 Å². The standard InChI is InChI=1S/C12H11BrN4O3/c1-17-5-4-10(16-17)15-12(20)14-9-3-2-7(11(18)19)6-8(9)13/h2-6H,1H3,(H,18,19)(H2,14,15,16,20). The minimum Gasteiger partial charge on any atom is -0.478 e. The van der Waals surface area contributed by atoms with Gasteiger partial charge in [-0.3, -0.25) is 10.00 Å². The maximum Gasteiger partial charge on any atom is 0.335 e. The van der Waals surface area contributed by atoms with Crippen LogP contribution in [0, 0.1) is 0 Å². The van der Waals surface area contributed by atoms with E-state index in [1.165, 1.54) is 18.2 Å². The zero-order valence-corrected chi connectivity index (χ0v) is 12.0. The van der Waals surface area contributed by atoms with Crippen LogP contribution in [0.1, 0.15) is 10.4 Å². The van der Waals surface area contributed by atoms with Crippen molar-refractivity contribution < 1.29 is 14.7 Å². The molecule has 2 amide bonds. The summed E-state index contributed by atoms with van der Waals surface area (Å²) < 4.78 is 2.04. The van der Waals surface area contributed by atoms with Crippen molar-refractivity contribution in [2.75, 3.05) is 10.6 Å². The average Bonchev–Trinajstić information content (AvgIpc) is 2.77. The highest BCUT2D eigenvalue weighted by Crippen LogP contribution is 2.23. The van der Waals surface area contributed by atoms with Crippen molar-refractivity contribution in [3.8, 4) is 0 Å². The van der Waals surface area contributed by atoms with Crippen LogP contribution in [0.15, 0.2) is 34.9 Å². The van der Waals surface area contributed by atoms with Crippen molar-refractivity contribution in [2.45, 2.75) is 0 Å². The number of aryl methyl sites for hydroxylation is 1. The van der Waals surface area contributed by atoms with Crippen LogP contribution in [0.5, 0.6) is 0 Å². The zero-order valence-electron chi connectivity index (χ0n) is 10.4. The number of hydrogen-bond donors (Lipinski definition) is 3. The van der Waals surface area contributed by atoms with E-state index in [1.807, 2.05) is 0 Å². The third kappa shape index (κ3) is 3.35. The molecule has 0 bridgehead atoms. The molecule has 0 saturated carbocycles. The van der Waals surface area contributed by atoms with Crippen LogP contribution in [0.2, 0.25) is 0 Å². The highest BCUT2D eigenvalue weighted by atomic mass is 79.9. The third-order valence-corrected chi connectivity index (χ3v) is 3.08. The molecule has 1 aromatic heterocycles. The predicted octanol–water partition coefficient (Wildman–Crippen LogP) is 2.52. The smallest absolute Gasteiger partial charge is 0.335 e. The number of nitrogens with one attached hydrogen (secondary N) is 2. The molecule has 104 valence electrons. The number of halogens is 1. The van der Waals surface area contributed by atoms with Gasteiger partial charge >= 0.3 is 12.0 Å². The van der Waals surface area contributed by atoms with Crippen LogP contribution in [0.3, 0.4) is 0 Å². The number of benzene rings is 1. The molecule has 0 saturated heterocycles. The van der Waals surface area contributed by atoms with Crippen LogP contribution in [0.4, 0.5) is 16.3 Å². The van der Waals surface area contributed by atoms with Gasteiger partial charge in [0.15, 0.2) is 5.82 Å². The number of carboxylic acid groups (broad SMARTS) is 1. The SMILES string of the molecule is Cn1ccc(NC(=O)Nc2ccc(C(=O)O)cc2Br)n1. The molecule has 8 heteroatoms. The van der Waals surface area contributed by atoms with Gasteiger partial charge in [0, 0.05) is 23.8 Å². The van der Waals surface area contributed by atoms with Crippen molar-refractivity contribution in [2.24, 2.45) is 7.05 Å². The predicted molar refractivity (Wildman–Crippen MR) is 77.0 cm³/mol. The number of carboxylic acids is 1. The van der Waals surface area contributed by atoms with E-state index in [9.17, 15) is 9.59 Å². The summed E-state index contributed by atoms with van der Waals surface area (Å²) in [6, 6.07) is 5.52. The number of anilines is 2. The van der Waals surface area contributed by atoms with Crippen LogP contribution < -0.4 is 10.6 Å². The van der Waals surface area contributed by atoms with Gasteiger partial charge in [-0.05, 0) is 34.1 Å². The maximum absolute atomic E-state index is 11.8. The lowest BCUT2D eigenvalue weighted by Crippen LogP contribution is -2.20. The molecular weight excluding hydrogens is 328 g/mol. The third-order valence-electron chi connectivity index (χ3n) is 2.42. The summed E-state index contributed by atoms with van der Waals surface area (Å²) in [5.41, 5.74) is 0.594. The van der Waals surface area contributed by atoms with Gasteiger partial charge in [-0.25, -0.2) is 9.59 Å². The second kappa shape index (κ2) is 5.74. The molecule has 0 aliphatic rings. The highest BCUT2D eigenvalue weighted by molar-refractivity contribution is 9.10. The Morgan fingerprint density at radius 2 is 2.05 bits per heavy atom. The van der Waals surface area contributed by atoms with Crippen molar-refractivity contribution >= 4 is 39.4 Å². The van der Waals surface area contributed by atoms with Gasteiger partial charge in [-0.1, -0.05) is 0 Å². The van der Waals surface area contributed by atoms with E-state index in [4.69, 9.17) is 5.11 Å². The Hall–Kier alpha value is -2.35. The first kappa shape index (κ1) is 14.1. The molecule has 0 fully saturated rings. The van der Waals surface area contributed by atoms with Crippen LogP contribution in [-0.2, 0) is 7.05 Å². The molecule has 0 atom stereocenters. The van der Waals surface area contributed by atoms with E-state index in [0.717, 1.165) is 0 Å². The number of rotatable bonds is 3. The Bertz CT molecular complexity index is 668. The number of urea groups is 1. The molecule has 0 radical (unpaired) electrons. The fourth-order valence-corrected chi connectivity index (χ4v) is 1.98. The van der Waals surface area contributed by atoms with Gasteiger partial charge in [-0.2, -0.15) is 5.10 Å². The normalized spacial score (nSPS) is 10.1. The highest BCUT2D eigenvalue weighted by Gasteiger charge is 2.10. The van der Waals surface area contributed by atoms with Gasteiger partial charge in [0.1, 0.15) is 0 Å². The summed E-state index contributed by atoms with van der Waals surface area (Å²) in [6.07, 6.45) is 1.70. The summed E-state index contributed by atoms with van der Waals surface area (Å²) in [7, 11) is 1.74. The first-order chi connectivity index (χ1) is 9.45. The Kier molecular flexibility index (Phi) is 4.04. The Morgan fingerprint density at radius 3 is 2.60 bits per heavy atom. The lowest BCUT2D eigenvalue weighted by molar-refractivity contribution is 0.0697. The minimum absolute atomic E-state index is 0.132. The number of amides is 2.